The minimum Gasteiger partial charge on any atom is -0.489 e. The lowest BCUT2D eigenvalue weighted by Crippen LogP contribution is -2.58. The summed E-state index contributed by atoms with van der Waals surface area (Å²) < 4.78 is 9.11. The van der Waals surface area contributed by atoms with Gasteiger partial charge in [0.25, 0.3) is 5.56 Å². The Bertz CT molecular complexity index is 1320. The van der Waals surface area contributed by atoms with Crippen molar-refractivity contribution in [1.82, 2.24) is 24.2 Å². The van der Waals surface area contributed by atoms with Crippen LogP contribution in [-0.4, -0.2) is 55.5 Å². The van der Waals surface area contributed by atoms with Crippen molar-refractivity contribution in [2.24, 2.45) is 7.05 Å². The Morgan fingerprint density at radius 2 is 1.97 bits per heavy atom. The van der Waals surface area contributed by atoms with Gasteiger partial charge in [0.05, 0.1) is 41.5 Å². The molecule has 9 nitrogen and oxygen atoms in total. The van der Waals surface area contributed by atoms with Crippen molar-refractivity contribution < 1.29 is 4.74 Å². The number of aryl methyl sites for hydroxylation is 1. The van der Waals surface area contributed by atoms with Gasteiger partial charge in [0.15, 0.2) is 0 Å². The zero-order valence-electron chi connectivity index (χ0n) is 21.6. The zero-order valence-corrected chi connectivity index (χ0v) is 21.6. The number of anilines is 1. The molecular weight excluding hydrogens is 454 g/mol. The molecule has 0 amide bonds. The third kappa shape index (κ3) is 4.58. The molecule has 1 saturated carbocycles. The Morgan fingerprint density at radius 1 is 1.19 bits per heavy atom. The molecule has 2 aliphatic rings. The normalized spacial score (nSPS) is 21.5. The Morgan fingerprint density at radius 3 is 2.61 bits per heavy atom. The third-order valence-corrected chi connectivity index (χ3v) is 7.67. The van der Waals surface area contributed by atoms with Gasteiger partial charge in [-0.2, -0.15) is 10.4 Å². The Hall–Kier alpha value is -3.38. The fraction of sp³-hybridized carbons (Fsp3) is 0.556. The quantitative estimate of drug-likeness (QED) is 0.477. The molecule has 1 unspecified atom stereocenters. The van der Waals surface area contributed by atoms with Gasteiger partial charge in [0, 0.05) is 44.3 Å². The molecule has 1 aliphatic heterocycles. The van der Waals surface area contributed by atoms with E-state index in [9.17, 15) is 4.79 Å². The van der Waals surface area contributed by atoms with Crippen LogP contribution in [0.4, 0.5) is 5.69 Å². The molecular formula is C27H35N7O2. The Kier molecular flexibility index (Phi) is 6.71. The first-order valence-corrected chi connectivity index (χ1v) is 13.0. The lowest BCUT2D eigenvalue weighted by atomic mass is 9.98. The summed E-state index contributed by atoms with van der Waals surface area (Å²) >= 11 is 0. The second kappa shape index (κ2) is 9.94. The summed E-state index contributed by atoms with van der Waals surface area (Å²) in [4.78, 5) is 22.5. The van der Waals surface area contributed by atoms with E-state index in [1.165, 1.54) is 0 Å². The van der Waals surface area contributed by atoms with Crippen LogP contribution in [-0.2, 0) is 13.6 Å². The number of hydrogen-bond donors (Lipinski definition) is 0. The van der Waals surface area contributed by atoms with E-state index >= 15 is 0 Å². The highest BCUT2D eigenvalue weighted by atomic mass is 16.5. The maximum Gasteiger partial charge on any atom is 0.252 e. The van der Waals surface area contributed by atoms with E-state index in [0.29, 0.717) is 12.1 Å². The smallest absolute Gasteiger partial charge is 0.252 e. The largest absolute Gasteiger partial charge is 0.489 e. The van der Waals surface area contributed by atoms with Crippen molar-refractivity contribution in [3.05, 3.63) is 46.6 Å². The van der Waals surface area contributed by atoms with Crippen molar-refractivity contribution in [2.45, 2.75) is 77.2 Å². The fourth-order valence-corrected chi connectivity index (χ4v) is 5.32. The predicted molar refractivity (Wildman–Crippen MR) is 139 cm³/mol. The lowest BCUT2D eigenvalue weighted by Gasteiger charge is -2.49. The molecule has 1 aliphatic carbocycles. The molecule has 0 radical (unpaired) electrons. The molecule has 0 bridgehead atoms. The van der Waals surface area contributed by atoms with E-state index < -0.39 is 0 Å². The van der Waals surface area contributed by atoms with E-state index in [-0.39, 0.29) is 24.2 Å². The molecule has 3 atom stereocenters. The van der Waals surface area contributed by atoms with Gasteiger partial charge in [-0.3, -0.25) is 19.4 Å². The first-order chi connectivity index (χ1) is 17.4. The SMILES string of the molecule is CC[C@H]1CN(C(C)c2ccc(OC3CC3)cn2)[C@H](CC)CN1c1cc(=O)n(C)c2cn(CC#N)nc12. The molecule has 9 heteroatoms. The molecule has 4 heterocycles. The van der Waals surface area contributed by atoms with Gasteiger partial charge in [-0.25, -0.2) is 0 Å². The molecule has 3 aromatic heterocycles. The van der Waals surface area contributed by atoms with Crippen LogP contribution in [0.5, 0.6) is 5.75 Å². The molecule has 0 aromatic carbocycles. The number of hydrogen-bond acceptors (Lipinski definition) is 7. The zero-order chi connectivity index (χ0) is 25.4. The minimum atomic E-state index is -0.0644. The van der Waals surface area contributed by atoms with Crippen molar-refractivity contribution in [1.29, 1.82) is 5.26 Å². The van der Waals surface area contributed by atoms with Crippen LogP contribution in [0.2, 0.25) is 0 Å². The number of pyridine rings is 2. The van der Waals surface area contributed by atoms with Gasteiger partial charge in [0.2, 0.25) is 0 Å². The van der Waals surface area contributed by atoms with Crippen LogP contribution in [0.25, 0.3) is 11.0 Å². The Labute approximate surface area is 211 Å². The number of rotatable bonds is 8. The van der Waals surface area contributed by atoms with E-state index in [0.717, 1.165) is 66.9 Å². The highest BCUT2D eigenvalue weighted by Crippen LogP contribution is 2.34. The van der Waals surface area contributed by atoms with Gasteiger partial charge in [-0.05, 0) is 44.7 Å². The average molecular weight is 490 g/mol. The molecule has 3 aromatic rings. The van der Waals surface area contributed by atoms with Crippen molar-refractivity contribution >= 4 is 16.7 Å². The summed E-state index contributed by atoms with van der Waals surface area (Å²) in [7, 11) is 1.76. The van der Waals surface area contributed by atoms with E-state index in [2.05, 4.69) is 42.7 Å². The average Bonchev–Trinajstić information content (AvgIpc) is 3.61. The van der Waals surface area contributed by atoms with Gasteiger partial charge in [-0.1, -0.05) is 13.8 Å². The van der Waals surface area contributed by atoms with Crippen molar-refractivity contribution in [3.8, 4) is 11.8 Å². The van der Waals surface area contributed by atoms with Crippen molar-refractivity contribution in [3.63, 3.8) is 0 Å². The summed E-state index contributed by atoms with van der Waals surface area (Å²) in [6.07, 6.45) is 8.21. The van der Waals surface area contributed by atoms with Gasteiger partial charge < -0.3 is 14.2 Å². The van der Waals surface area contributed by atoms with Crippen molar-refractivity contribution in [2.75, 3.05) is 18.0 Å². The number of aromatic nitrogens is 4. The fourth-order valence-electron chi connectivity index (χ4n) is 5.32. The molecule has 0 spiro atoms. The molecule has 190 valence electrons. The predicted octanol–water partition coefficient (Wildman–Crippen LogP) is 3.64. The van der Waals surface area contributed by atoms with Crippen LogP contribution in [0, 0.1) is 11.3 Å². The van der Waals surface area contributed by atoms with Crippen LogP contribution in [0.15, 0.2) is 35.4 Å². The monoisotopic (exact) mass is 489 g/mol. The van der Waals surface area contributed by atoms with E-state index in [1.54, 1.807) is 28.6 Å². The van der Waals surface area contributed by atoms with E-state index in [4.69, 9.17) is 20.1 Å². The van der Waals surface area contributed by atoms with Crippen LogP contribution in [0.1, 0.15) is 58.2 Å². The molecule has 0 N–H and O–H groups in total. The topological polar surface area (TPSA) is 92.2 Å². The van der Waals surface area contributed by atoms with Gasteiger partial charge in [0.1, 0.15) is 17.8 Å². The number of nitrogens with zero attached hydrogens (tertiary/aromatic N) is 7. The highest BCUT2D eigenvalue weighted by Gasteiger charge is 2.36. The van der Waals surface area contributed by atoms with Crippen LogP contribution in [0.3, 0.4) is 0 Å². The van der Waals surface area contributed by atoms with E-state index in [1.807, 2.05) is 12.3 Å². The molecule has 2 fully saturated rings. The summed E-state index contributed by atoms with van der Waals surface area (Å²) in [5.74, 6) is 0.849. The third-order valence-electron chi connectivity index (χ3n) is 7.67. The first-order valence-electron chi connectivity index (χ1n) is 13.0. The van der Waals surface area contributed by atoms with Gasteiger partial charge in [-0.15, -0.1) is 0 Å². The first kappa shape index (κ1) is 24.3. The standard InChI is InChI=1S/C27H35N7O2/c1-5-19-16-34(24-13-26(35)31(4)25-17-32(12-11-28)30-27(24)25)20(6-2)15-33(19)18(3)23-10-9-22(14-29-23)36-21-7-8-21/h9-10,13-14,17-21H,5-8,12,15-16H2,1-4H3/t18?,19-,20+/m1/s1. The van der Waals surface area contributed by atoms with Gasteiger partial charge >= 0.3 is 0 Å². The minimum absolute atomic E-state index is 0.0644. The Balaban J connectivity index is 1.43. The highest BCUT2D eigenvalue weighted by molar-refractivity contribution is 5.88. The number of nitriles is 1. The molecule has 1 saturated heterocycles. The molecule has 36 heavy (non-hydrogen) atoms. The summed E-state index contributed by atoms with van der Waals surface area (Å²) in [5.41, 5.74) is 3.37. The maximum absolute atomic E-state index is 12.9. The summed E-state index contributed by atoms with van der Waals surface area (Å²) in [6.45, 7) is 8.47. The van der Waals surface area contributed by atoms with Crippen LogP contribution >= 0.6 is 0 Å². The van der Waals surface area contributed by atoms with Crippen LogP contribution < -0.4 is 15.2 Å². The number of ether oxygens (including phenoxy) is 1. The second-order valence-electron chi connectivity index (χ2n) is 10.0. The summed E-state index contributed by atoms with van der Waals surface area (Å²) in [6, 6.07) is 8.68. The lowest BCUT2D eigenvalue weighted by molar-refractivity contribution is 0.0991. The number of piperazine rings is 1. The number of fused-ring (bicyclic) bond motifs is 1. The second-order valence-corrected chi connectivity index (χ2v) is 10.0. The maximum atomic E-state index is 12.9. The summed E-state index contributed by atoms with van der Waals surface area (Å²) in [5, 5.41) is 13.8. The molecule has 5 rings (SSSR count).